The Kier molecular flexibility index (Phi) is 6.51. The third-order valence-corrected chi connectivity index (χ3v) is 6.96. The van der Waals surface area contributed by atoms with E-state index in [1.807, 2.05) is 15.5 Å². The molecule has 1 atom stereocenters. The number of aromatic nitrogens is 3. The highest BCUT2D eigenvalue weighted by Gasteiger charge is 2.23. The molecule has 2 aromatic rings. The predicted molar refractivity (Wildman–Crippen MR) is 116 cm³/mol. The number of carbonyl (C=O) groups excluding carboxylic acids is 1. The Balaban J connectivity index is 1.64. The van der Waals surface area contributed by atoms with E-state index in [1.54, 1.807) is 0 Å². The Labute approximate surface area is 174 Å². The fraction of sp³-hybridized carbons (Fsp3) is 0.708. The van der Waals surface area contributed by atoms with Crippen molar-refractivity contribution >= 4 is 11.6 Å². The molecule has 0 bridgehead atoms. The zero-order valence-electron chi connectivity index (χ0n) is 18.2. The second-order valence-electron chi connectivity index (χ2n) is 9.20. The van der Waals surface area contributed by atoms with Crippen molar-refractivity contribution in [3.63, 3.8) is 0 Å². The van der Waals surface area contributed by atoms with Crippen molar-refractivity contribution in [3.05, 3.63) is 29.2 Å². The van der Waals surface area contributed by atoms with Gasteiger partial charge in [0.15, 0.2) is 11.3 Å². The molecule has 29 heavy (non-hydrogen) atoms. The Morgan fingerprint density at radius 1 is 1.07 bits per heavy atom. The van der Waals surface area contributed by atoms with E-state index in [4.69, 9.17) is 10.1 Å². The molecule has 4 rings (SSSR count). The lowest BCUT2D eigenvalue weighted by Crippen LogP contribution is -2.34. The summed E-state index contributed by atoms with van der Waals surface area (Å²) in [5, 5.41) is 4.75. The molecule has 2 aromatic heterocycles. The molecule has 0 aromatic carbocycles. The molecule has 1 amide bonds. The van der Waals surface area contributed by atoms with E-state index in [9.17, 15) is 4.79 Å². The van der Waals surface area contributed by atoms with Crippen LogP contribution in [-0.4, -0.2) is 38.5 Å². The topological polar surface area (TPSA) is 50.5 Å². The molecule has 1 aliphatic carbocycles. The van der Waals surface area contributed by atoms with Crippen LogP contribution in [0, 0.1) is 5.92 Å². The summed E-state index contributed by atoms with van der Waals surface area (Å²) in [6, 6.07) is 4.17. The third-order valence-electron chi connectivity index (χ3n) is 6.96. The van der Waals surface area contributed by atoms with E-state index in [0.717, 1.165) is 50.3 Å². The zero-order valence-corrected chi connectivity index (χ0v) is 18.2. The summed E-state index contributed by atoms with van der Waals surface area (Å²) in [5.74, 6) is 1.23. The molecule has 1 saturated carbocycles. The van der Waals surface area contributed by atoms with E-state index in [-0.39, 0.29) is 5.91 Å². The van der Waals surface area contributed by atoms with Crippen LogP contribution in [0.1, 0.15) is 106 Å². The molecule has 0 radical (unpaired) electrons. The van der Waals surface area contributed by atoms with E-state index in [2.05, 4.69) is 19.9 Å². The summed E-state index contributed by atoms with van der Waals surface area (Å²) >= 11 is 0. The normalized spacial score (nSPS) is 20.0. The highest BCUT2D eigenvalue weighted by Crippen LogP contribution is 2.29. The summed E-state index contributed by atoms with van der Waals surface area (Å²) in [6.07, 6.45) is 13.4. The molecule has 1 aliphatic heterocycles. The van der Waals surface area contributed by atoms with Crippen molar-refractivity contribution in [1.82, 2.24) is 19.5 Å². The van der Waals surface area contributed by atoms with Crippen LogP contribution in [0.2, 0.25) is 0 Å². The minimum absolute atomic E-state index is 0.0739. The van der Waals surface area contributed by atoms with Gasteiger partial charge in [0, 0.05) is 30.5 Å². The van der Waals surface area contributed by atoms with Gasteiger partial charge in [-0.15, -0.1) is 0 Å². The number of fused-ring (bicyclic) bond motifs is 1. The first kappa shape index (κ1) is 20.4. The monoisotopic (exact) mass is 396 g/mol. The van der Waals surface area contributed by atoms with Crippen molar-refractivity contribution in [2.75, 3.05) is 13.1 Å². The van der Waals surface area contributed by atoms with Gasteiger partial charge in [-0.3, -0.25) is 4.79 Å². The molecule has 1 unspecified atom stereocenters. The number of amides is 1. The molecular formula is C24H36N4O. The van der Waals surface area contributed by atoms with Crippen molar-refractivity contribution in [2.24, 2.45) is 5.92 Å². The fourth-order valence-electron chi connectivity index (χ4n) is 4.94. The first-order valence-electron chi connectivity index (χ1n) is 11.8. The van der Waals surface area contributed by atoms with Gasteiger partial charge in [0.2, 0.25) is 0 Å². The highest BCUT2D eigenvalue weighted by atomic mass is 16.2. The number of hydrogen-bond acceptors (Lipinski definition) is 3. The van der Waals surface area contributed by atoms with Gasteiger partial charge in [-0.2, -0.15) is 5.10 Å². The highest BCUT2D eigenvalue weighted by molar-refractivity contribution is 5.93. The van der Waals surface area contributed by atoms with Crippen molar-refractivity contribution < 1.29 is 4.79 Å². The van der Waals surface area contributed by atoms with Gasteiger partial charge < -0.3 is 4.90 Å². The molecule has 0 spiro atoms. The molecule has 0 N–H and O–H groups in total. The summed E-state index contributed by atoms with van der Waals surface area (Å²) in [7, 11) is 0. The summed E-state index contributed by atoms with van der Waals surface area (Å²) in [4.78, 5) is 20.1. The minimum Gasteiger partial charge on any atom is -0.337 e. The maximum Gasteiger partial charge on any atom is 0.274 e. The Morgan fingerprint density at radius 2 is 1.76 bits per heavy atom. The van der Waals surface area contributed by atoms with Crippen LogP contribution in [-0.2, 0) is 6.42 Å². The van der Waals surface area contributed by atoms with Gasteiger partial charge in [0.05, 0.1) is 0 Å². The molecule has 158 valence electrons. The second-order valence-corrected chi connectivity index (χ2v) is 9.20. The summed E-state index contributed by atoms with van der Waals surface area (Å²) in [5.41, 5.74) is 3.76. The van der Waals surface area contributed by atoms with Gasteiger partial charge in [0.1, 0.15) is 0 Å². The number of hydrogen-bond donors (Lipinski definition) is 0. The minimum atomic E-state index is 0.0739. The van der Waals surface area contributed by atoms with Crippen LogP contribution < -0.4 is 0 Å². The zero-order chi connectivity index (χ0) is 20.2. The van der Waals surface area contributed by atoms with E-state index in [0.29, 0.717) is 11.6 Å². The number of carbonyl (C=O) groups is 1. The number of rotatable bonds is 5. The van der Waals surface area contributed by atoms with E-state index in [1.165, 1.54) is 56.3 Å². The third kappa shape index (κ3) is 4.65. The lowest BCUT2D eigenvalue weighted by atomic mass is 9.99. The van der Waals surface area contributed by atoms with Crippen LogP contribution in [0.4, 0.5) is 0 Å². The van der Waals surface area contributed by atoms with Crippen molar-refractivity contribution in [2.45, 2.75) is 90.4 Å². The maximum atomic E-state index is 13.2. The number of likely N-dealkylation sites (tertiary alicyclic amines) is 1. The average molecular weight is 397 g/mol. The molecule has 1 saturated heterocycles. The Bertz CT molecular complexity index is 829. The van der Waals surface area contributed by atoms with Crippen LogP contribution in [0.5, 0.6) is 0 Å². The van der Waals surface area contributed by atoms with E-state index < -0.39 is 0 Å². The van der Waals surface area contributed by atoms with E-state index >= 15 is 0 Å². The fourth-order valence-corrected chi connectivity index (χ4v) is 4.94. The standard InChI is InChI=1S/C24H36N4O/c1-3-18(2)22-16-20(15-19-11-7-8-12-19)25-23-17-21(26-28(22)23)24(29)27-13-9-5-4-6-10-14-27/h16-19H,3-15H2,1-2H3. The molecule has 5 heteroatoms. The van der Waals surface area contributed by atoms with Gasteiger partial charge in [-0.05, 0) is 43.6 Å². The van der Waals surface area contributed by atoms with Crippen LogP contribution in [0.3, 0.4) is 0 Å². The largest absolute Gasteiger partial charge is 0.337 e. The van der Waals surface area contributed by atoms with Crippen molar-refractivity contribution in [3.8, 4) is 0 Å². The van der Waals surface area contributed by atoms with Crippen LogP contribution >= 0.6 is 0 Å². The molecule has 2 aliphatic rings. The molecule has 5 nitrogen and oxygen atoms in total. The molecular weight excluding hydrogens is 360 g/mol. The van der Waals surface area contributed by atoms with Crippen LogP contribution in [0.25, 0.3) is 5.65 Å². The van der Waals surface area contributed by atoms with Gasteiger partial charge in [-0.25, -0.2) is 9.50 Å². The lowest BCUT2D eigenvalue weighted by molar-refractivity contribution is 0.0736. The Morgan fingerprint density at radius 3 is 2.45 bits per heavy atom. The van der Waals surface area contributed by atoms with Gasteiger partial charge >= 0.3 is 0 Å². The van der Waals surface area contributed by atoms with Crippen molar-refractivity contribution in [1.29, 1.82) is 0 Å². The number of nitrogens with zero attached hydrogens (tertiary/aromatic N) is 4. The summed E-state index contributed by atoms with van der Waals surface area (Å²) < 4.78 is 1.93. The SMILES string of the molecule is CCC(C)c1cc(CC2CCCC2)nc2cc(C(=O)N3CCCCCCC3)nn12. The van der Waals surface area contributed by atoms with Crippen LogP contribution in [0.15, 0.2) is 12.1 Å². The average Bonchev–Trinajstić information content (AvgIpc) is 3.35. The quantitative estimate of drug-likeness (QED) is 0.681. The second kappa shape index (κ2) is 9.27. The van der Waals surface area contributed by atoms with Gasteiger partial charge in [-0.1, -0.05) is 58.8 Å². The maximum absolute atomic E-state index is 13.2. The van der Waals surface area contributed by atoms with Gasteiger partial charge in [0.25, 0.3) is 5.91 Å². The molecule has 3 heterocycles. The Hall–Kier alpha value is -1.91. The summed E-state index contributed by atoms with van der Waals surface area (Å²) in [6.45, 7) is 6.16. The first-order chi connectivity index (χ1) is 14.2. The smallest absolute Gasteiger partial charge is 0.274 e. The first-order valence-corrected chi connectivity index (χ1v) is 11.8. The molecule has 2 fully saturated rings. The predicted octanol–water partition coefficient (Wildman–Crippen LogP) is 5.38. The lowest BCUT2D eigenvalue weighted by Gasteiger charge is -2.23.